The first kappa shape index (κ1) is 19.9. The normalized spacial score (nSPS) is 30.6. The molecule has 7 heteroatoms. The molecule has 1 amide bonds. The number of benzene rings is 2. The summed E-state index contributed by atoms with van der Waals surface area (Å²) in [5, 5.41) is 11.1. The molecule has 0 saturated carbocycles. The zero-order chi connectivity index (χ0) is 20.6. The molecule has 154 valence electrons. The van der Waals surface area contributed by atoms with Crippen LogP contribution in [0.4, 0.5) is 8.78 Å². The maximum absolute atomic E-state index is 15.0. The summed E-state index contributed by atoms with van der Waals surface area (Å²) in [5.41, 5.74) is -1.20. The van der Waals surface area contributed by atoms with Gasteiger partial charge < -0.3 is 19.5 Å². The molecule has 2 aliphatic heterocycles. The minimum Gasteiger partial charge on any atom is -0.365 e. The maximum Gasteiger partial charge on any atom is 0.301 e. The van der Waals surface area contributed by atoms with Crippen molar-refractivity contribution in [2.75, 3.05) is 6.54 Å². The van der Waals surface area contributed by atoms with Crippen LogP contribution >= 0.6 is 0 Å². The lowest BCUT2D eigenvalue weighted by Gasteiger charge is -2.36. The van der Waals surface area contributed by atoms with Gasteiger partial charge in [-0.25, -0.2) is 8.78 Å². The van der Waals surface area contributed by atoms with Crippen LogP contribution in [0.2, 0.25) is 0 Å². The summed E-state index contributed by atoms with van der Waals surface area (Å²) in [7, 11) is 0. The van der Waals surface area contributed by atoms with Crippen molar-refractivity contribution in [3.05, 3.63) is 71.8 Å². The third-order valence-electron chi connectivity index (χ3n) is 5.70. The number of fused-ring (bicyclic) bond motifs is 1. The molecule has 2 fully saturated rings. The summed E-state index contributed by atoms with van der Waals surface area (Å²) >= 11 is 0. The second-order valence-electron chi connectivity index (χ2n) is 7.63. The number of rotatable bonds is 6. The number of nitrogens with zero attached hydrogens (tertiary/aromatic N) is 1. The molecule has 2 heterocycles. The molecule has 5 nitrogen and oxygen atoms in total. The highest BCUT2D eigenvalue weighted by atomic mass is 19.3. The Labute approximate surface area is 167 Å². The topological polar surface area (TPSA) is 59.0 Å². The van der Waals surface area contributed by atoms with Crippen molar-refractivity contribution in [3.8, 4) is 0 Å². The van der Waals surface area contributed by atoms with E-state index < -0.39 is 35.7 Å². The van der Waals surface area contributed by atoms with E-state index in [-0.39, 0.29) is 19.8 Å². The van der Waals surface area contributed by atoms with Gasteiger partial charge in [0.15, 0.2) is 6.10 Å². The van der Waals surface area contributed by atoms with Crippen molar-refractivity contribution in [2.24, 2.45) is 5.92 Å². The zero-order valence-electron chi connectivity index (χ0n) is 16.0. The van der Waals surface area contributed by atoms with Gasteiger partial charge in [0.1, 0.15) is 6.10 Å². The van der Waals surface area contributed by atoms with Crippen LogP contribution in [0, 0.1) is 5.92 Å². The smallest absolute Gasteiger partial charge is 0.301 e. The van der Waals surface area contributed by atoms with Gasteiger partial charge >= 0.3 is 5.92 Å². The quantitative estimate of drug-likeness (QED) is 0.806. The molecule has 4 atom stereocenters. The van der Waals surface area contributed by atoms with Crippen LogP contribution in [0.15, 0.2) is 60.7 Å². The van der Waals surface area contributed by atoms with E-state index in [9.17, 15) is 18.7 Å². The minimum absolute atomic E-state index is 0.0232. The highest BCUT2D eigenvalue weighted by molar-refractivity contribution is 5.86. The summed E-state index contributed by atoms with van der Waals surface area (Å²) in [6.07, 6.45) is -2.83. The molecule has 2 aromatic carbocycles. The first-order valence-electron chi connectivity index (χ1n) is 9.58. The number of ether oxygens (including phenoxy) is 2. The van der Waals surface area contributed by atoms with Crippen LogP contribution in [0.1, 0.15) is 18.1 Å². The van der Waals surface area contributed by atoms with Crippen LogP contribution in [-0.4, -0.2) is 46.3 Å². The third-order valence-corrected chi connectivity index (χ3v) is 5.70. The highest BCUT2D eigenvalue weighted by Gasteiger charge is 2.76. The second-order valence-corrected chi connectivity index (χ2v) is 7.63. The Bertz CT molecular complexity index is 864. The van der Waals surface area contributed by atoms with Crippen molar-refractivity contribution in [3.63, 3.8) is 0 Å². The van der Waals surface area contributed by atoms with Crippen molar-refractivity contribution >= 4 is 5.91 Å². The van der Waals surface area contributed by atoms with Gasteiger partial charge in [0.25, 0.3) is 5.91 Å². The largest absolute Gasteiger partial charge is 0.365 e. The number of aliphatic hydroxyl groups is 1. The number of carbonyl (C=O) groups is 1. The number of amides is 1. The van der Waals surface area contributed by atoms with Gasteiger partial charge in [-0.1, -0.05) is 67.6 Å². The minimum atomic E-state index is -3.52. The summed E-state index contributed by atoms with van der Waals surface area (Å²) in [6.45, 7) is 1.09. The molecule has 0 spiro atoms. The van der Waals surface area contributed by atoms with Crippen molar-refractivity contribution in [1.82, 2.24) is 4.90 Å². The second kappa shape index (κ2) is 7.48. The lowest BCUT2D eigenvalue weighted by Crippen LogP contribution is -2.60. The molecule has 0 aromatic heterocycles. The number of alkyl halides is 2. The summed E-state index contributed by atoms with van der Waals surface area (Å²) < 4.78 is 41.4. The fraction of sp³-hybridized carbons (Fsp3) is 0.409. The predicted molar refractivity (Wildman–Crippen MR) is 101 cm³/mol. The fourth-order valence-electron chi connectivity index (χ4n) is 4.05. The number of hydrogen-bond acceptors (Lipinski definition) is 4. The number of hydrogen-bond donors (Lipinski definition) is 1. The lowest BCUT2D eigenvalue weighted by atomic mass is 9.93. The van der Waals surface area contributed by atoms with Crippen molar-refractivity contribution in [1.29, 1.82) is 0 Å². The monoisotopic (exact) mass is 403 g/mol. The molecule has 1 N–H and O–H groups in total. The molecular weight excluding hydrogens is 380 g/mol. The van der Waals surface area contributed by atoms with E-state index in [1.807, 2.05) is 36.4 Å². The predicted octanol–water partition coefficient (Wildman–Crippen LogP) is 2.97. The Balaban J connectivity index is 1.61. The molecule has 0 unspecified atom stereocenters. The average Bonchev–Trinajstić information content (AvgIpc) is 3.05. The molecule has 4 rings (SSSR count). The van der Waals surface area contributed by atoms with E-state index in [1.165, 1.54) is 6.92 Å². The SMILES string of the molecule is C[C@H]1CN2C(=O)[C@H](OCc3ccccc3)[C@@H](OCc3ccccc3)[C@]2(O)C1(F)F. The van der Waals surface area contributed by atoms with E-state index >= 15 is 0 Å². The third kappa shape index (κ3) is 3.23. The van der Waals surface area contributed by atoms with Gasteiger partial charge in [-0.05, 0) is 11.1 Å². The fourth-order valence-corrected chi connectivity index (χ4v) is 4.05. The molecular formula is C22H23F2NO4. The highest BCUT2D eigenvalue weighted by Crippen LogP contribution is 2.52. The van der Waals surface area contributed by atoms with Gasteiger partial charge in [-0.2, -0.15) is 0 Å². The molecule has 2 saturated heterocycles. The summed E-state index contributed by atoms with van der Waals surface area (Å²) in [5.74, 6) is -5.38. The van der Waals surface area contributed by atoms with Gasteiger partial charge in [0.2, 0.25) is 5.72 Å². The Morgan fingerprint density at radius 1 is 1.00 bits per heavy atom. The van der Waals surface area contributed by atoms with E-state index in [0.29, 0.717) is 0 Å². The molecule has 2 aromatic rings. The Morgan fingerprint density at radius 3 is 2.07 bits per heavy atom. The Hall–Kier alpha value is -2.35. The summed E-state index contributed by atoms with van der Waals surface area (Å²) in [6, 6.07) is 18.1. The van der Waals surface area contributed by atoms with E-state index in [0.717, 1.165) is 16.0 Å². The first-order chi connectivity index (χ1) is 13.9. The average molecular weight is 403 g/mol. The summed E-state index contributed by atoms with van der Waals surface area (Å²) in [4.78, 5) is 13.7. The standard InChI is InChI=1S/C22H23F2NO4/c1-15-12-25-20(26)18(28-13-16-8-4-2-5-9-16)19(22(25,27)21(15,23)24)29-14-17-10-6-3-7-11-17/h2-11,15,18-19,27H,12-14H2,1H3/t15-,18+,19+,22-/m0/s1. The Morgan fingerprint density at radius 2 is 1.52 bits per heavy atom. The van der Waals surface area contributed by atoms with Gasteiger partial charge in [-0.3, -0.25) is 4.79 Å². The van der Waals surface area contributed by atoms with Crippen LogP contribution in [0.3, 0.4) is 0 Å². The van der Waals surface area contributed by atoms with Crippen LogP contribution in [0.5, 0.6) is 0 Å². The van der Waals surface area contributed by atoms with Gasteiger partial charge in [-0.15, -0.1) is 0 Å². The molecule has 2 aliphatic rings. The lowest BCUT2D eigenvalue weighted by molar-refractivity contribution is -0.267. The Kier molecular flexibility index (Phi) is 5.14. The number of carbonyl (C=O) groups excluding carboxylic acids is 1. The molecule has 0 radical (unpaired) electrons. The van der Waals surface area contributed by atoms with Crippen LogP contribution in [-0.2, 0) is 27.5 Å². The van der Waals surface area contributed by atoms with E-state index in [1.54, 1.807) is 24.3 Å². The van der Waals surface area contributed by atoms with E-state index in [2.05, 4.69) is 0 Å². The van der Waals surface area contributed by atoms with Crippen molar-refractivity contribution < 1.29 is 28.2 Å². The first-order valence-corrected chi connectivity index (χ1v) is 9.58. The molecule has 0 aliphatic carbocycles. The maximum atomic E-state index is 15.0. The van der Waals surface area contributed by atoms with Gasteiger partial charge in [0, 0.05) is 12.5 Å². The van der Waals surface area contributed by atoms with Crippen molar-refractivity contribution in [2.45, 2.75) is 44.0 Å². The van der Waals surface area contributed by atoms with Gasteiger partial charge in [0.05, 0.1) is 13.2 Å². The van der Waals surface area contributed by atoms with E-state index in [4.69, 9.17) is 9.47 Å². The number of halogens is 2. The van der Waals surface area contributed by atoms with Crippen LogP contribution < -0.4 is 0 Å². The van der Waals surface area contributed by atoms with Crippen LogP contribution in [0.25, 0.3) is 0 Å². The molecule has 0 bridgehead atoms. The zero-order valence-corrected chi connectivity index (χ0v) is 16.0. The molecule has 29 heavy (non-hydrogen) atoms.